The Morgan fingerprint density at radius 2 is 1.69 bits per heavy atom. The Balaban J connectivity index is 2.57. The first-order valence-electron chi connectivity index (χ1n) is 10.0. The zero-order chi connectivity index (χ0) is 21.9. The molecule has 0 aliphatic carbocycles. The van der Waals surface area contributed by atoms with Crippen molar-refractivity contribution >= 4 is 12.1 Å². The van der Waals surface area contributed by atoms with Crippen molar-refractivity contribution in [2.24, 2.45) is 4.99 Å². The molecule has 1 rings (SSSR count). The maximum Gasteiger partial charge on any atom is 0.407 e. The van der Waals surface area contributed by atoms with Crippen molar-refractivity contribution in [3.63, 3.8) is 0 Å². The van der Waals surface area contributed by atoms with Crippen LogP contribution in [0.1, 0.15) is 53.1 Å². The summed E-state index contributed by atoms with van der Waals surface area (Å²) < 4.78 is 16.5. The van der Waals surface area contributed by atoms with Gasteiger partial charge < -0.3 is 30.2 Å². The summed E-state index contributed by atoms with van der Waals surface area (Å²) in [7, 11) is 1.70. The predicted octanol–water partition coefficient (Wildman–Crippen LogP) is 3.23. The zero-order valence-corrected chi connectivity index (χ0v) is 18.7. The second kappa shape index (κ2) is 12.0. The van der Waals surface area contributed by atoms with Crippen molar-refractivity contribution in [1.82, 2.24) is 16.0 Å². The van der Waals surface area contributed by atoms with Crippen LogP contribution < -0.4 is 25.4 Å². The molecule has 0 bridgehead atoms. The van der Waals surface area contributed by atoms with E-state index < -0.39 is 11.7 Å². The third kappa shape index (κ3) is 9.40. The van der Waals surface area contributed by atoms with Gasteiger partial charge in [0.1, 0.15) is 5.60 Å². The molecule has 3 N–H and O–H groups in total. The molecule has 29 heavy (non-hydrogen) atoms. The van der Waals surface area contributed by atoms with Crippen LogP contribution in [0.15, 0.2) is 23.2 Å². The molecule has 8 nitrogen and oxygen atoms in total. The van der Waals surface area contributed by atoms with Gasteiger partial charge in [-0.25, -0.2) is 4.79 Å². The highest BCUT2D eigenvalue weighted by Crippen LogP contribution is 2.30. The first-order chi connectivity index (χ1) is 13.7. The molecule has 1 amide bonds. The molecule has 1 unspecified atom stereocenters. The van der Waals surface area contributed by atoms with Gasteiger partial charge in [-0.1, -0.05) is 6.07 Å². The smallest absolute Gasteiger partial charge is 0.407 e. The molecular formula is C21H36N4O4. The van der Waals surface area contributed by atoms with E-state index in [1.807, 2.05) is 59.7 Å². The van der Waals surface area contributed by atoms with Crippen molar-refractivity contribution in [1.29, 1.82) is 0 Å². The number of alkyl carbamates (subject to hydrolysis) is 1. The molecule has 0 saturated heterocycles. The molecule has 0 aromatic heterocycles. The fourth-order valence-electron chi connectivity index (χ4n) is 2.48. The number of hydrogen-bond donors (Lipinski definition) is 3. The minimum Gasteiger partial charge on any atom is -0.490 e. The number of ether oxygens (including phenoxy) is 3. The highest BCUT2D eigenvalue weighted by atomic mass is 16.6. The molecule has 0 aliphatic heterocycles. The van der Waals surface area contributed by atoms with Crippen molar-refractivity contribution in [3.8, 4) is 11.5 Å². The SMILES string of the molecule is CCOc1ccc(C(C)NC(=NC)NCCNC(=O)OC(C)(C)C)cc1OCC. The van der Waals surface area contributed by atoms with Crippen LogP contribution >= 0.6 is 0 Å². The van der Waals surface area contributed by atoms with E-state index in [1.165, 1.54) is 0 Å². The van der Waals surface area contributed by atoms with Gasteiger partial charge in [0.2, 0.25) is 0 Å². The van der Waals surface area contributed by atoms with Crippen LogP contribution in [-0.4, -0.2) is 51.0 Å². The van der Waals surface area contributed by atoms with E-state index in [0.29, 0.717) is 32.3 Å². The zero-order valence-electron chi connectivity index (χ0n) is 18.7. The molecule has 8 heteroatoms. The number of nitrogens with one attached hydrogen (secondary N) is 3. The topological polar surface area (TPSA) is 93.2 Å². The third-order valence-corrected chi connectivity index (χ3v) is 3.73. The van der Waals surface area contributed by atoms with Gasteiger partial charge in [0.25, 0.3) is 0 Å². The Labute approximate surface area is 174 Å². The Kier molecular flexibility index (Phi) is 10.1. The molecule has 0 saturated carbocycles. The van der Waals surface area contributed by atoms with Gasteiger partial charge >= 0.3 is 6.09 Å². The summed E-state index contributed by atoms with van der Waals surface area (Å²) in [6.45, 7) is 13.5. The number of rotatable bonds is 9. The first-order valence-corrected chi connectivity index (χ1v) is 10.0. The Morgan fingerprint density at radius 3 is 2.28 bits per heavy atom. The van der Waals surface area contributed by atoms with Crippen LogP contribution in [0.25, 0.3) is 0 Å². The van der Waals surface area contributed by atoms with Gasteiger partial charge in [0.15, 0.2) is 17.5 Å². The average Bonchev–Trinajstić information content (AvgIpc) is 2.64. The Morgan fingerprint density at radius 1 is 1.07 bits per heavy atom. The van der Waals surface area contributed by atoms with Crippen LogP contribution in [-0.2, 0) is 4.74 Å². The summed E-state index contributed by atoms with van der Waals surface area (Å²) in [5, 5.41) is 9.21. The Hall–Kier alpha value is -2.64. The fraction of sp³-hybridized carbons (Fsp3) is 0.619. The standard InChI is InChI=1S/C21H36N4O4/c1-8-27-17-11-10-16(14-18(17)28-9-2)15(3)25-19(22-7)23-12-13-24-20(26)29-21(4,5)6/h10-11,14-15H,8-9,12-13H2,1-7H3,(H,24,26)(H2,22,23,25). The number of nitrogens with zero attached hydrogens (tertiary/aromatic N) is 1. The third-order valence-electron chi connectivity index (χ3n) is 3.73. The van der Waals surface area contributed by atoms with Gasteiger partial charge in [-0.3, -0.25) is 4.99 Å². The summed E-state index contributed by atoms with van der Waals surface area (Å²) in [6, 6.07) is 5.89. The first kappa shape index (κ1) is 24.4. The summed E-state index contributed by atoms with van der Waals surface area (Å²) in [5.74, 6) is 2.10. The summed E-state index contributed by atoms with van der Waals surface area (Å²) in [4.78, 5) is 15.9. The van der Waals surface area contributed by atoms with Gasteiger partial charge in [0.05, 0.1) is 19.3 Å². The van der Waals surface area contributed by atoms with E-state index in [1.54, 1.807) is 7.05 Å². The monoisotopic (exact) mass is 408 g/mol. The number of amides is 1. The lowest BCUT2D eigenvalue weighted by Gasteiger charge is -2.21. The van der Waals surface area contributed by atoms with E-state index in [-0.39, 0.29) is 6.04 Å². The molecular weight excluding hydrogens is 372 g/mol. The highest BCUT2D eigenvalue weighted by molar-refractivity contribution is 5.80. The van der Waals surface area contributed by atoms with E-state index in [0.717, 1.165) is 17.1 Å². The molecule has 1 aromatic carbocycles. The van der Waals surface area contributed by atoms with Gasteiger partial charge in [-0.05, 0) is 59.2 Å². The second-order valence-corrected chi connectivity index (χ2v) is 7.37. The number of benzene rings is 1. The largest absolute Gasteiger partial charge is 0.490 e. The van der Waals surface area contributed by atoms with Crippen LogP contribution in [0.4, 0.5) is 4.79 Å². The quantitative estimate of drug-likeness (QED) is 0.330. The predicted molar refractivity (Wildman–Crippen MR) is 116 cm³/mol. The van der Waals surface area contributed by atoms with Crippen molar-refractivity contribution < 1.29 is 19.0 Å². The minimum absolute atomic E-state index is 0.00472. The molecule has 0 spiro atoms. The van der Waals surface area contributed by atoms with E-state index in [4.69, 9.17) is 14.2 Å². The Bertz CT molecular complexity index is 671. The number of hydrogen-bond acceptors (Lipinski definition) is 5. The molecule has 1 aromatic rings. The molecule has 0 heterocycles. The fourth-order valence-corrected chi connectivity index (χ4v) is 2.48. The number of guanidine groups is 1. The van der Waals surface area contributed by atoms with Gasteiger partial charge in [0, 0.05) is 20.1 Å². The molecule has 0 aliphatic rings. The molecule has 0 fully saturated rings. The van der Waals surface area contributed by atoms with E-state index >= 15 is 0 Å². The lowest BCUT2D eigenvalue weighted by molar-refractivity contribution is 0.0529. The molecule has 1 atom stereocenters. The van der Waals surface area contributed by atoms with Crippen LogP contribution in [0.2, 0.25) is 0 Å². The lowest BCUT2D eigenvalue weighted by atomic mass is 10.1. The van der Waals surface area contributed by atoms with E-state index in [2.05, 4.69) is 20.9 Å². The maximum atomic E-state index is 11.7. The lowest BCUT2D eigenvalue weighted by Crippen LogP contribution is -2.43. The second-order valence-electron chi connectivity index (χ2n) is 7.37. The maximum absolute atomic E-state index is 11.7. The van der Waals surface area contributed by atoms with Crippen molar-refractivity contribution in [2.75, 3.05) is 33.4 Å². The van der Waals surface area contributed by atoms with Crippen molar-refractivity contribution in [2.45, 2.75) is 53.2 Å². The normalized spacial score (nSPS) is 12.7. The van der Waals surface area contributed by atoms with Crippen LogP contribution in [0, 0.1) is 0 Å². The summed E-state index contributed by atoms with van der Waals surface area (Å²) >= 11 is 0. The number of aliphatic imine (C=N–C) groups is 1. The minimum atomic E-state index is -0.511. The average molecular weight is 409 g/mol. The van der Waals surface area contributed by atoms with Crippen molar-refractivity contribution in [3.05, 3.63) is 23.8 Å². The van der Waals surface area contributed by atoms with Gasteiger partial charge in [-0.15, -0.1) is 0 Å². The highest BCUT2D eigenvalue weighted by Gasteiger charge is 2.16. The number of carbonyl (C=O) groups is 1. The molecule has 0 radical (unpaired) electrons. The van der Waals surface area contributed by atoms with Gasteiger partial charge in [-0.2, -0.15) is 0 Å². The van der Waals surface area contributed by atoms with Crippen LogP contribution in [0.3, 0.4) is 0 Å². The summed E-state index contributed by atoms with van der Waals surface area (Å²) in [6.07, 6.45) is -0.437. The van der Waals surface area contributed by atoms with Crippen LogP contribution in [0.5, 0.6) is 11.5 Å². The summed E-state index contributed by atoms with van der Waals surface area (Å²) in [5.41, 5.74) is 0.537. The van der Waals surface area contributed by atoms with E-state index in [9.17, 15) is 4.79 Å². The molecule has 164 valence electrons. The number of carbonyl (C=O) groups excluding carboxylic acids is 1.